The van der Waals surface area contributed by atoms with Crippen molar-refractivity contribution >= 4 is 34.5 Å². The minimum atomic E-state index is -1.18. The van der Waals surface area contributed by atoms with Gasteiger partial charge in [-0.15, -0.1) is 0 Å². The molecule has 3 N–H and O–H groups in total. The predicted octanol–water partition coefficient (Wildman–Crippen LogP) is 1.81. The van der Waals surface area contributed by atoms with Gasteiger partial charge in [0.1, 0.15) is 12.1 Å². The highest BCUT2D eigenvalue weighted by atomic mass is 127. The number of benzene rings is 1. The van der Waals surface area contributed by atoms with E-state index in [4.69, 9.17) is 0 Å². The molecule has 5 nitrogen and oxygen atoms in total. The number of carboxylic acids is 1. The molecule has 116 valence electrons. The van der Waals surface area contributed by atoms with E-state index in [9.17, 15) is 19.8 Å². The number of rotatable bonds is 7. The SMILES string of the molecule is CC(C)C[C@@H](O)C(=O)N[C@H](Cc1ccccc1I)C(=O)O. The van der Waals surface area contributed by atoms with Gasteiger partial charge in [0, 0.05) is 9.99 Å². The second-order valence-corrected chi connectivity index (χ2v) is 6.50. The van der Waals surface area contributed by atoms with Gasteiger partial charge in [0.2, 0.25) is 5.91 Å². The molecule has 6 heteroatoms. The van der Waals surface area contributed by atoms with Gasteiger partial charge in [-0.3, -0.25) is 4.79 Å². The minimum absolute atomic E-state index is 0.157. The molecule has 0 aromatic heterocycles. The lowest BCUT2D eigenvalue weighted by Gasteiger charge is -2.18. The zero-order valence-electron chi connectivity index (χ0n) is 12.0. The minimum Gasteiger partial charge on any atom is -0.480 e. The molecular formula is C15H20INO4. The number of halogens is 1. The standard InChI is InChI=1S/C15H20INO4/c1-9(2)7-13(18)14(19)17-12(15(20)21)8-10-5-3-4-6-11(10)16/h3-6,9,12-13,18H,7-8H2,1-2H3,(H,17,19)(H,20,21)/t12-,13-/m1/s1. The molecule has 2 atom stereocenters. The van der Waals surface area contributed by atoms with Gasteiger partial charge in [-0.25, -0.2) is 4.79 Å². The zero-order chi connectivity index (χ0) is 16.0. The Morgan fingerprint density at radius 3 is 2.43 bits per heavy atom. The van der Waals surface area contributed by atoms with Gasteiger partial charge >= 0.3 is 5.97 Å². The maximum absolute atomic E-state index is 11.8. The summed E-state index contributed by atoms with van der Waals surface area (Å²) in [4.78, 5) is 23.1. The van der Waals surface area contributed by atoms with E-state index in [2.05, 4.69) is 27.9 Å². The molecule has 0 aliphatic heterocycles. The van der Waals surface area contributed by atoms with E-state index in [1.165, 1.54) is 0 Å². The van der Waals surface area contributed by atoms with Crippen molar-refractivity contribution in [3.63, 3.8) is 0 Å². The van der Waals surface area contributed by atoms with Crippen LogP contribution in [0.15, 0.2) is 24.3 Å². The molecule has 0 bridgehead atoms. The normalized spacial score (nSPS) is 13.8. The van der Waals surface area contributed by atoms with Crippen molar-refractivity contribution in [1.29, 1.82) is 0 Å². The Morgan fingerprint density at radius 2 is 1.90 bits per heavy atom. The Bertz CT molecular complexity index is 504. The zero-order valence-corrected chi connectivity index (χ0v) is 14.2. The number of carboxylic acid groups (broad SMARTS) is 1. The van der Waals surface area contributed by atoms with Crippen LogP contribution in [-0.4, -0.2) is 34.2 Å². The first-order valence-electron chi connectivity index (χ1n) is 6.76. The molecule has 0 saturated heterocycles. The molecule has 0 aliphatic carbocycles. The summed E-state index contributed by atoms with van der Waals surface area (Å²) in [5, 5.41) is 21.4. The van der Waals surface area contributed by atoms with Crippen molar-refractivity contribution in [3.8, 4) is 0 Å². The highest BCUT2D eigenvalue weighted by molar-refractivity contribution is 14.1. The second kappa shape index (κ2) is 8.33. The van der Waals surface area contributed by atoms with E-state index >= 15 is 0 Å². The number of hydrogen-bond acceptors (Lipinski definition) is 3. The Morgan fingerprint density at radius 1 is 1.29 bits per heavy atom. The molecule has 0 unspecified atom stereocenters. The molecule has 0 radical (unpaired) electrons. The van der Waals surface area contributed by atoms with E-state index in [1.807, 2.05) is 38.1 Å². The Hall–Kier alpha value is -1.15. The van der Waals surface area contributed by atoms with Crippen molar-refractivity contribution in [1.82, 2.24) is 5.32 Å². The average molecular weight is 405 g/mol. The number of nitrogens with one attached hydrogen (secondary N) is 1. The van der Waals surface area contributed by atoms with Gasteiger partial charge in [-0.05, 0) is 46.6 Å². The average Bonchev–Trinajstić information content (AvgIpc) is 2.39. The van der Waals surface area contributed by atoms with Crippen LogP contribution in [0.2, 0.25) is 0 Å². The van der Waals surface area contributed by atoms with Crippen LogP contribution in [0.5, 0.6) is 0 Å². The summed E-state index contributed by atoms with van der Waals surface area (Å²) >= 11 is 2.13. The van der Waals surface area contributed by atoms with Gasteiger partial charge in [0.05, 0.1) is 0 Å². The molecule has 0 aliphatic rings. The number of carbonyl (C=O) groups is 2. The van der Waals surface area contributed by atoms with E-state index in [-0.39, 0.29) is 12.3 Å². The van der Waals surface area contributed by atoms with Gasteiger partial charge in [-0.1, -0.05) is 32.0 Å². The third-order valence-corrected chi connectivity index (χ3v) is 4.05. The number of hydrogen-bond donors (Lipinski definition) is 3. The fraction of sp³-hybridized carbons (Fsp3) is 0.467. The number of aliphatic hydroxyl groups is 1. The smallest absolute Gasteiger partial charge is 0.326 e. The van der Waals surface area contributed by atoms with Crippen molar-refractivity contribution < 1.29 is 19.8 Å². The largest absolute Gasteiger partial charge is 0.480 e. The van der Waals surface area contributed by atoms with Crippen LogP contribution < -0.4 is 5.32 Å². The number of aliphatic hydroxyl groups excluding tert-OH is 1. The molecule has 1 aromatic rings. The summed E-state index contributed by atoms with van der Waals surface area (Å²) in [6, 6.07) is 6.35. The van der Waals surface area contributed by atoms with Crippen molar-refractivity contribution in [2.75, 3.05) is 0 Å². The third kappa shape index (κ3) is 6.01. The third-order valence-electron chi connectivity index (χ3n) is 2.99. The molecular weight excluding hydrogens is 385 g/mol. The highest BCUT2D eigenvalue weighted by Gasteiger charge is 2.25. The summed E-state index contributed by atoms with van der Waals surface area (Å²) < 4.78 is 0.943. The summed E-state index contributed by atoms with van der Waals surface area (Å²) in [5.74, 6) is -1.59. The quantitative estimate of drug-likeness (QED) is 0.604. The molecule has 21 heavy (non-hydrogen) atoms. The lowest BCUT2D eigenvalue weighted by molar-refractivity contribution is -0.143. The second-order valence-electron chi connectivity index (χ2n) is 5.34. The number of carbonyl (C=O) groups excluding carboxylic acids is 1. The van der Waals surface area contributed by atoms with E-state index < -0.39 is 24.0 Å². The van der Waals surface area contributed by atoms with Crippen molar-refractivity contribution in [3.05, 3.63) is 33.4 Å². The molecule has 1 aromatic carbocycles. The Labute approximate surface area is 137 Å². The van der Waals surface area contributed by atoms with E-state index in [0.29, 0.717) is 6.42 Å². The van der Waals surface area contributed by atoms with E-state index in [1.54, 1.807) is 0 Å². The van der Waals surface area contributed by atoms with E-state index in [0.717, 1.165) is 9.13 Å². The van der Waals surface area contributed by atoms with Crippen LogP contribution >= 0.6 is 22.6 Å². The maximum Gasteiger partial charge on any atom is 0.326 e. The predicted molar refractivity (Wildman–Crippen MR) is 87.9 cm³/mol. The first-order chi connectivity index (χ1) is 9.81. The van der Waals surface area contributed by atoms with Crippen LogP contribution in [-0.2, 0) is 16.0 Å². The van der Waals surface area contributed by atoms with Crippen molar-refractivity contribution in [2.45, 2.75) is 38.8 Å². The molecule has 0 saturated carbocycles. The van der Waals surface area contributed by atoms with Crippen LogP contribution in [0.4, 0.5) is 0 Å². The Kier molecular flexibility index (Phi) is 7.10. The first-order valence-corrected chi connectivity index (χ1v) is 7.83. The lowest BCUT2D eigenvalue weighted by atomic mass is 10.0. The maximum atomic E-state index is 11.8. The fourth-order valence-electron chi connectivity index (χ4n) is 1.91. The summed E-state index contributed by atoms with van der Waals surface area (Å²) in [7, 11) is 0. The van der Waals surface area contributed by atoms with Gasteiger partial charge < -0.3 is 15.5 Å². The van der Waals surface area contributed by atoms with Gasteiger partial charge in [-0.2, -0.15) is 0 Å². The molecule has 0 fully saturated rings. The van der Waals surface area contributed by atoms with Gasteiger partial charge in [0.15, 0.2) is 0 Å². The summed E-state index contributed by atoms with van der Waals surface area (Å²) in [5.41, 5.74) is 0.851. The topological polar surface area (TPSA) is 86.6 Å². The molecule has 1 amide bonds. The Balaban J connectivity index is 2.73. The van der Waals surface area contributed by atoms with Crippen LogP contribution in [0, 0.1) is 9.49 Å². The summed E-state index contributed by atoms with van der Waals surface area (Å²) in [6.45, 7) is 3.77. The molecule has 0 spiro atoms. The van der Waals surface area contributed by atoms with Crippen LogP contribution in [0.25, 0.3) is 0 Å². The summed E-state index contributed by atoms with van der Waals surface area (Å²) in [6.07, 6.45) is -0.683. The highest BCUT2D eigenvalue weighted by Crippen LogP contribution is 2.14. The number of aliphatic carboxylic acids is 1. The van der Waals surface area contributed by atoms with Crippen molar-refractivity contribution in [2.24, 2.45) is 5.92 Å². The van der Waals surface area contributed by atoms with Crippen LogP contribution in [0.1, 0.15) is 25.8 Å². The van der Waals surface area contributed by atoms with Crippen LogP contribution in [0.3, 0.4) is 0 Å². The van der Waals surface area contributed by atoms with Gasteiger partial charge in [0.25, 0.3) is 0 Å². The molecule has 1 rings (SSSR count). The first kappa shape index (κ1) is 17.9. The monoisotopic (exact) mass is 405 g/mol. The lowest BCUT2D eigenvalue weighted by Crippen LogP contribution is -2.47. The number of amides is 1. The molecule has 0 heterocycles. The fourth-order valence-corrected chi connectivity index (χ4v) is 2.51.